The zero-order valence-corrected chi connectivity index (χ0v) is 11.1. The van der Waals surface area contributed by atoms with Crippen LogP contribution in [-0.4, -0.2) is 42.6 Å². The SMILES string of the molecule is CCCCN(CC)CC(C)(N)C(=O)OCC. The Morgan fingerprint density at radius 3 is 2.44 bits per heavy atom. The van der Waals surface area contributed by atoms with Crippen LogP contribution < -0.4 is 5.73 Å². The fraction of sp³-hybridized carbons (Fsp3) is 0.917. The van der Waals surface area contributed by atoms with Crippen molar-refractivity contribution in [3.05, 3.63) is 0 Å². The van der Waals surface area contributed by atoms with Gasteiger partial charge in [-0.2, -0.15) is 0 Å². The third kappa shape index (κ3) is 5.47. The number of likely N-dealkylation sites (N-methyl/N-ethyl adjacent to an activating group) is 1. The number of hydrogen-bond acceptors (Lipinski definition) is 4. The number of nitrogens with zero attached hydrogens (tertiary/aromatic N) is 1. The summed E-state index contributed by atoms with van der Waals surface area (Å²) in [7, 11) is 0. The van der Waals surface area contributed by atoms with E-state index in [2.05, 4.69) is 18.7 Å². The van der Waals surface area contributed by atoms with Gasteiger partial charge in [0.05, 0.1) is 6.61 Å². The number of rotatable bonds is 8. The van der Waals surface area contributed by atoms with Crippen LogP contribution in [0.1, 0.15) is 40.5 Å². The molecular weight excluding hydrogens is 204 g/mol. The van der Waals surface area contributed by atoms with Gasteiger partial charge in [0, 0.05) is 6.54 Å². The van der Waals surface area contributed by atoms with Gasteiger partial charge >= 0.3 is 5.97 Å². The van der Waals surface area contributed by atoms with Crippen LogP contribution in [0, 0.1) is 0 Å². The summed E-state index contributed by atoms with van der Waals surface area (Å²) in [5.41, 5.74) is 5.08. The maximum Gasteiger partial charge on any atom is 0.327 e. The van der Waals surface area contributed by atoms with Crippen LogP contribution in [0.2, 0.25) is 0 Å². The summed E-state index contributed by atoms with van der Waals surface area (Å²) in [5, 5.41) is 0. The van der Waals surface area contributed by atoms with Crippen LogP contribution in [-0.2, 0) is 9.53 Å². The molecule has 0 radical (unpaired) electrons. The predicted molar refractivity (Wildman–Crippen MR) is 66.2 cm³/mol. The molecule has 4 nitrogen and oxygen atoms in total. The average Bonchev–Trinajstić information content (AvgIpc) is 2.24. The monoisotopic (exact) mass is 230 g/mol. The molecule has 1 atom stereocenters. The molecule has 0 rings (SSSR count). The van der Waals surface area contributed by atoms with Crippen molar-refractivity contribution in [1.29, 1.82) is 0 Å². The molecule has 0 aliphatic heterocycles. The normalized spacial score (nSPS) is 14.9. The molecule has 0 bridgehead atoms. The van der Waals surface area contributed by atoms with Gasteiger partial charge in [-0.3, -0.25) is 4.79 Å². The van der Waals surface area contributed by atoms with Gasteiger partial charge < -0.3 is 15.4 Å². The molecule has 0 aliphatic rings. The predicted octanol–water partition coefficient (Wildman–Crippen LogP) is 1.39. The number of hydrogen-bond donors (Lipinski definition) is 1. The van der Waals surface area contributed by atoms with Crippen molar-refractivity contribution in [2.45, 2.75) is 46.1 Å². The lowest BCUT2D eigenvalue weighted by Crippen LogP contribution is -2.54. The molecule has 0 aromatic rings. The van der Waals surface area contributed by atoms with E-state index in [1.807, 2.05) is 0 Å². The van der Waals surface area contributed by atoms with E-state index >= 15 is 0 Å². The van der Waals surface area contributed by atoms with Crippen molar-refractivity contribution in [2.75, 3.05) is 26.2 Å². The Bertz CT molecular complexity index is 205. The molecule has 0 aromatic heterocycles. The maximum atomic E-state index is 11.6. The van der Waals surface area contributed by atoms with Crippen molar-refractivity contribution in [3.63, 3.8) is 0 Å². The lowest BCUT2D eigenvalue weighted by molar-refractivity contribution is -0.149. The minimum absolute atomic E-state index is 0.315. The van der Waals surface area contributed by atoms with E-state index in [1.165, 1.54) is 0 Å². The Hall–Kier alpha value is -0.610. The minimum Gasteiger partial charge on any atom is -0.465 e. The third-order valence-electron chi connectivity index (χ3n) is 2.57. The van der Waals surface area contributed by atoms with E-state index < -0.39 is 5.54 Å². The zero-order valence-electron chi connectivity index (χ0n) is 11.1. The van der Waals surface area contributed by atoms with Gasteiger partial charge in [0.2, 0.25) is 0 Å². The lowest BCUT2D eigenvalue weighted by atomic mass is 10.0. The molecule has 16 heavy (non-hydrogen) atoms. The Labute approximate surface area is 99.1 Å². The molecule has 1 unspecified atom stereocenters. The zero-order chi connectivity index (χ0) is 12.6. The second kappa shape index (κ2) is 7.63. The van der Waals surface area contributed by atoms with Gasteiger partial charge in [0.25, 0.3) is 0 Å². The van der Waals surface area contributed by atoms with Crippen LogP contribution in [0.25, 0.3) is 0 Å². The van der Waals surface area contributed by atoms with Crippen LogP contribution in [0.4, 0.5) is 0 Å². The van der Waals surface area contributed by atoms with Crippen molar-refractivity contribution < 1.29 is 9.53 Å². The minimum atomic E-state index is -0.903. The van der Waals surface area contributed by atoms with E-state index in [1.54, 1.807) is 13.8 Å². The van der Waals surface area contributed by atoms with Crippen molar-refractivity contribution in [1.82, 2.24) is 4.90 Å². The van der Waals surface area contributed by atoms with Crippen LogP contribution in [0.3, 0.4) is 0 Å². The first kappa shape index (κ1) is 15.4. The molecule has 0 saturated carbocycles. The van der Waals surface area contributed by atoms with Crippen LogP contribution >= 0.6 is 0 Å². The van der Waals surface area contributed by atoms with Gasteiger partial charge in [-0.05, 0) is 33.4 Å². The van der Waals surface area contributed by atoms with E-state index in [0.717, 1.165) is 25.9 Å². The second-order valence-electron chi connectivity index (χ2n) is 4.36. The molecule has 0 spiro atoms. The highest BCUT2D eigenvalue weighted by atomic mass is 16.5. The van der Waals surface area contributed by atoms with Gasteiger partial charge in [-0.1, -0.05) is 20.3 Å². The Morgan fingerprint density at radius 2 is 2.00 bits per heavy atom. The number of carbonyl (C=O) groups excluding carboxylic acids is 1. The standard InChI is InChI=1S/C12H26N2O2/c1-5-8-9-14(6-2)10-12(4,13)11(15)16-7-3/h5-10,13H2,1-4H3. The smallest absolute Gasteiger partial charge is 0.327 e. The molecule has 2 N–H and O–H groups in total. The van der Waals surface area contributed by atoms with Crippen LogP contribution in [0.15, 0.2) is 0 Å². The topological polar surface area (TPSA) is 55.6 Å². The quantitative estimate of drug-likeness (QED) is 0.640. The maximum absolute atomic E-state index is 11.6. The van der Waals surface area contributed by atoms with E-state index in [0.29, 0.717) is 13.2 Å². The molecule has 0 aliphatic carbocycles. The summed E-state index contributed by atoms with van der Waals surface area (Å²) in [4.78, 5) is 13.8. The summed E-state index contributed by atoms with van der Waals surface area (Å²) in [6.45, 7) is 10.6. The van der Waals surface area contributed by atoms with Crippen molar-refractivity contribution in [3.8, 4) is 0 Å². The van der Waals surface area contributed by atoms with Gasteiger partial charge in [-0.25, -0.2) is 0 Å². The Kier molecular flexibility index (Phi) is 7.34. The summed E-state index contributed by atoms with van der Waals surface area (Å²) < 4.78 is 4.97. The molecule has 0 aromatic carbocycles. The lowest BCUT2D eigenvalue weighted by Gasteiger charge is -2.29. The second-order valence-corrected chi connectivity index (χ2v) is 4.36. The highest BCUT2D eigenvalue weighted by Crippen LogP contribution is 2.07. The van der Waals surface area contributed by atoms with Gasteiger partial charge in [-0.15, -0.1) is 0 Å². The van der Waals surface area contributed by atoms with E-state index in [9.17, 15) is 4.79 Å². The molecule has 96 valence electrons. The van der Waals surface area contributed by atoms with Crippen LogP contribution in [0.5, 0.6) is 0 Å². The molecule has 4 heteroatoms. The Morgan fingerprint density at radius 1 is 1.38 bits per heavy atom. The fourth-order valence-electron chi connectivity index (χ4n) is 1.56. The number of unbranched alkanes of at least 4 members (excludes halogenated alkanes) is 1. The Balaban J connectivity index is 4.23. The van der Waals surface area contributed by atoms with E-state index in [4.69, 9.17) is 10.5 Å². The third-order valence-corrected chi connectivity index (χ3v) is 2.57. The first-order chi connectivity index (χ1) is 7.47. The summed E-state index contributed by atoms with van der Waals surface area (Å²) in [6, 6.07) is 0. The molecule has 0 fully saturated rings. The number of ether oxygens (including phenoxy) is 1. The highest BCUT2D eigenvalue weighted by Gasteiger charge is 2.31. The summed E-state index contributed by atoms with van der Waals surface area (Å²) in [6.07, 6.45) is 2.28. The van der Waals surface area contributed by atoms with Crippen molar-refractivity contribution >= 4 is 5.97 Å². The number of esters is 1. The first-order valence-electron chi connectivity index (χ1n) is 6.16. The first-order valence-corrected chi connectivity index (χ1v) is 6.16. The van der Waals surface area contributed by atoms with Gasteiger partial charge in [0.15, 0.2) is 0 Å². The molecule has 0 heterocycles. The average molecular weight is 230 g/mol. The molecule has 0 amide bonds. The number of carbonyl (C=O) groups is 1. The summed E-state index contributed by atoms with van der Waals surface area (Å²) in [5.74, 6) is -0.315. The fourth-order valence-corrected chi connectivity index (χ4v) is 1.56. The largest absolute Gasteiger partial charge is 0.465 e. The molecule has 0 saturated heterocycles. The van der Waals surface area contributed by atoms with Crippen molar-refractivity contribution in [2.24, 2.45) is 5.73 Å². The summed E-state index contributed by atoms with van der Waals surface area (Å²) >= 11 is 0. The highest BCUT2D eigenvalue weighted by molar-refractivity contribution is 5.80. The molecular formula is C12H26N2O2. The number of nitrogens with two attached hydrogens (primary N) is 1. The van der Waals surface area contributed by atoms with Gasteiger partial charge in [0.1, 0.15) is 5.54 Å². The van der Waals surface area contributed by atoms with E-state index in [-0.39, 0.29) is 5.97 Å².